The lowest BCUT2D eigenvalue weighted by Crippen LogP contribution is -2.51. The zero-order valence-corrected chi connectivity index (χ0v) is 16.7. The van der Waals surface area contributed by atoms with Crippen molar-refractivity contribution in [1.82, 2.24) is 9.80 Å². The number of benzene rings is 1. The predicted molar refractivity (Wildman–Crippen MR) is 114 cm³/mol. The van der Waals surface area contributed by atoms with Gasteiger partial charge in [0.15, 0.2) is 0 Å². The van der Waals surface area contributed by atoms with Crippen LogP contribution in [0.5, 0.6) is 0 Å². The molecule has 28 heavy (non-hydrogen) atoms. The van der Waals surface area contributed by atoms with Crippen molar-refractivity contribution in [2.24, 2.45) is 0 Å². The zero-order chi connectivity index (χ0) is 19.5. The number of hydrogen-bond acceptors (Lipinski definition) is 6. The first kappa shape index (κ1) is 19.2. The lowest BCUT2D eigenvalue weighted by atomic mass is 10.1. The van der Waals surface area contributed by atoms with E-state index in [0.717, 1.165) is 58.8 Å². The molecule has 2 fully saturated rings. The second kappa shape index (κ2) is 8.45. The second-order valence-electron chi connectivity index (χ2n) is 7.94. The first-order valence-corrected chi connectivity index (χ1v) is 10.5. The minimum Gasteiger partial charge on any atom is -0.378 e. The topological polar surface area (TPSA) is 55.9 Å². The van der Waals surface area contributed by atoms with Crippen molar-refractivity contribution in [3.05, 3.63) is 56.3 Å². The van der Waals surface area contributed by atoms with Gasteiger partial charge in [0, 0.05) is 45.3 Å². The summed E-state index contributed by atoms with van der Waals surface area (Å²) in [6.45, 7) is 9.40. The van der Waals surface area contributed by atoms with Gasteiger partial charge in [0.05, 0.1) is 0 Å². The van der Waals surface area contributed by atoms with E-state index in [0.29, 0.717) is 17.4 Å². The molecule has 2 heterocycles. The van der Waals surface area contributed by atoms with Gasteiger partial charge in [0.1, 0.15) is 11.4 Å². The Morgan fingerprint density at radius 1 is 1.00 bits per heavy atom. The van der Waals surface area contributed by atoms with Crippen LogP contribution in [0.15, 0.2) is 39.9 Å². The second-order valence-corrected chi connectivity index (χ2v) is 7.94. The smallest absolute Gasteiger partial charge is 0.253 e. The van der Waals surface area contributed by atoms with Gasteiger partial charge in [-0.2, -0.15) is 0 Å². The monoisotopic (exact) mass is 382 g/mol. The highest BCUT2D eigenvalue weighted by Gasteiger charge is 2.30. The molecule has 6 heteroatoms. The van der Waals surface area contributed by atoms with Crippen LogP contribution < -0.4 is 21.1 Å². The highest BCUT2D eigenvalue weighted by atomic mass is 16.2. The number of rotatable bonds is 7. The maximum absolute atomic E-state index is 12.2. The molecule has 0 spiro atoms. The Labute approximate surface area is 166 Å². The molecule has 0 radical (unpaired) electrons. The highest BCUT2D eigenvalue weighted by Crippen LogP contribution is 2.24. The van der Waals surface area contributed by atoms with Crippen LogP contribution in [0.4, 0.5) is 11.4 Å². The molecule has 1 N–H and O–H groups in total. The molecular formula is C22H30N4O2. The van der Waals surface area contributed by atoms with Gasteiger partial charge < -0.3 is 10.2 Å². The Morgan fingerprint density at radius 2 is 1.75 bits per heavy atom. The van der Waals surface area contributed by atoms with E-state index in [-0.39, 0.29) is 10.9 Å². The number of likely N-dealkylation sites (tertiary alicyclic amines) is 1. The van der Waals surface area contributed by atoms with Gasteiger partial charge in [-0.1, -0.05) is 37.3 Å². The van der Waals surface area contributed by atoms with Crippen molar-refractivity contribution in [1.29, 1.82) is 0 Å². The molecule has 6 nitrogen and oxygen atoms in total. The summed E-state index contributed by atoms with van der Waals surface area (Å²) in [6.07, 6.45) is 2.37. The zero-order valence-electron chi connectivity index (χ0n) is 16.7. The third-order valence-corrected chi connectivity index (χ3v) is 6.24. The summed E-state index contributed by atoms with van der Waals surface area (Å²) in [7, 11) is 0. The standard InChI is InChI=1S/C22H30N4O2/c1-2-25-10-6-9-18(25)15-23-19-20(22(28)21(19)27)26-13-11-24(12-14-26)16-17-7-4-3-5-8-17/h3-5,7-8,18,23H,2,6,9-16H2,1H3/t18-/m0/s1. The number of hydrogen-bond donors (Lipinski definition) is 1. The van der Waals surface area contributed by atoms with E-state index < -0.39 is 0 Å². The van der Waals surface area contributed by atoms with Crippen molar-refractivity contribution in [3.8, 4) is 0 Å². The fourth-order valence-corrected chi connectivity index (χ4v) is 4.58. The van der Waals surface area contributed by atoms with Gasteiger partial charge in [-0.15, -0.1) is 0 Å². The Bertz CT molecular complexity index is 851. The van der Waals surface area contributed by atoms with Crippen molar-refractivity contribution in [2.45, 2.75) is 32.4 Å². The number of piperazine rings is 1. The molecule has 2 aromatic rings. The van der Waals surface area contributed by atoms with E-state index in [9.17, 15) is 9.59 Å². The average molecular weight is 383 g/mol. The van der Waals surface area contributed by atoms with E-state index >= 15 is 0 Å². The van der Waals surface area contributed by atoms with E-state index in [1.54, 1.807) is 0 Å². The Kier molecular flexibility index (Phi) is 5.78. The lowest BCUT2D eigenvalue weighted by molar-refractivity contribution is 0.249. The molecule has 0 amide bonds. The van der Waals surface area contributed by atoms with E-state index in [4.69, 9.17) is 0 Å². The van der Waals surface area contributed by atoms with Crippen LogP contribution >= 0.6 is 0 Å². The number of anilines is 2. The van der Waals surface area contributed by atoms with Gasteiger partial charge in [0.25, 0.3) is 10.9 Å². The van der Waals surface area contributed by atoms with Crippen LogP contribution in [0.2, 0.25) is 0 Å². The lowest BCUT2D eigenvalue weighted by Gasteiger charge is -2.37. The summed E-state index contributed by atoms with van der Waals surface area (Å²) in [5, 5.41) is 3.32. The fourth-order valence-electron chi connectivity index (χ4n) is 4.58. The molecule has 150 valence electrons. The average Bonchev–Trinajstić information content (AvgIpc) is 3.19. The molecule has 2 saturated heterocycles. The normalized spacial score (nSPS) is 21.5. The molecule has 2 aliphatic heterocycles. The molecule has 0 aliphatic carbocycles. The maximum atomic E-state index is 12.2. The summed E-state index contributed by atoms with van der Waals surface area (Å²) in [4.78, 5) is 31.3. The molecular weight excluding hydrogens is 352 g/mol. The van der Waals surface area contributed by atoms with Crippen LogP contribution in [-0.2, 0) is 6.54 Å². The van der Waals surface area contributed by atoms with Crippen LogP contribution in [0.3, 0.4) is 0 Å². The summed E-state index contributed by atoms with van der Waals surface area (Å²) in [5.74, 6) is 0. The molecule has 0 unspecified atom stereocenters. The van der Waals surface area contributed by atoms with Gasteiger partial charge >= 0.3 is 0 Å². The SMILES string of the molecule is CCN1CCC[C@H]1CNc1c(N2CCN(Cc3ccccc3)CC2)c(=O)c1=O. The van der Waals surface area contributed by atoms with Crippen molar-refractivity contribution >= 4 is 11.4 Å². The van der Waals surface area contributed by atoms with Gasteiger partial charge in [-0.3, -0.25) is 19.4 Å². The molecule has 4 rings (SSSR count). The van der Waals surface area contributed by atoms with E-state index in [1.165, 1.54) is 12.0 Å². The first-order chi connectivity index (χ1) is 13.7. The van der Waals surface area contributed by atoms with Crippen molar-refractivity contribution < 1.29 is 0 Å². The van der Waals surface area contributed by atoms with Crippen LogP contribution in [0.25, 0.3) is 0 Å². The van der Waals surface area contributed by atoms with Crippen LogP contribution in [0, 0.1) is 0 Å². The number of nitrogens with zero attached hydrogens (tertiary/aromatic N) is 3. The molecule has 2 aromatic carbocycles. The summed E-state index contributed by atoms with van der Waals surface area (Å²) < 4.78 is 0. The maximum Gasteiger partial charge on any atom is 0.253 e. The number of nitrogens with one attached hydrogen (secondary N) is 1. The Hall–Kier alpha value is -2.18. The third-order valence-electron chi connectivity index (χ3n) is 6.24. The van der Waals surface area contributed by atoms with Crippen molar-refractivity contribution in [2.75, 3.05) is 56.0 Å². The van der Waals surface area contributed by atoms with Crippen molar-refractivity contribution in [3.63, 3.8) is 0 Å². The Morgan fingerprint density at radius 3 is 2.46 bits per heavy atom. The first-order valence-electron chi connectivity index (χ1n) is 10.5. The fraction of sp³-hybridized carbons (Fsp3) is 0.545. The summed E-state index contributed by atoms with van der Waals surface area (Å²) >= 11 is 0. The summed E-state index contributed by atoms with van der Waals surface area (Å²) in [5.41, 5.74) is 1.81. The predicted octanol–water partition coefficient (Wildman–Crippen LogP) is 1.50. The van der Waals surface area contributed by atoms with Crippen LogP contribution in [-0.4, -0.2) is 61.7 Å². The molecule has 1 atom stereocenters. The Balaban J connectivity index is 1.35. The minimum atomic E-state index is -0.345. The largest absolute Gasteiger partial charge is 0.378 e. The third kappa shape index (κ3) is 3.84. The molecule has 0 bridgehead atoms. The van der Waals surface area contributed by atoms with Gasteiger partial charge in [-0.05, 0) is 31.5 Å². The van der Waals surface area contributed by atoms with Gasteiger partial charge in [0.2, 0.25) is 0 Å². The molecule has 0 saturated carbocycles. The van der Waals surface area contributed by atoms with E-state index in [2.05, 4.69) is 51.2 Å². The molecule has 2 aliphatic rings. The highest BCUT2D eigenvalue weighted by molar-refractivity contribution is 5.75. The minimum absolute atomic E-state index is 0.322. The van der Waals surface area contributed by atoms with Gasteiger partial charge in [-0.25, -0.2) is 0 Å². The van der Waals surface area contributed by atoms with Crippen LogP contribution in [0.1, 0.15) is 25.3 Å². The quantitative estimate of drug-likeness (QED) is 0.733. The van der Waals surface area contributed by atoms with E-state index in [1.807, 2.05) is 6.07 Å². The number of likely N-dealkylation sites (N-methyl/N-ethyl adjacent to an activating group) is 1. The molecule has 0 aromatic heterocycles. The summed E-state index contributed by atoms with van der Waals surface area (Å²) in [6, 6.07) is 10.9.